The van der Waals surface area contributed by atoms with Gasteiger partial charge in [-0.05, 0) is 36.4 Å². The van der Waals surface area contributed by atoms with Crippen molar-refractivity contribution in [2.45, 2.75) is 26.7 Å². The molecule has 0 aliphatic carbocycles. The molecule has 10 nitrogen and oxygen atoms in total. The van der Waals surface area contributed by atoms with E-state index < -0.39 is 23.2 Å². The quantitative estimate of drug-likeness (QED) is 0.338. The predicted octanol–water partition coefficient (Wildman–Crippen LogP) is 2.33. The highest BCUT2D eigenvalue weighted by atomic mass is 16.5. The van der Waals surface area contributed by atoms with Crippen LogP contribution < -0.4 is 20.7 Å². The number of nitrogens with zero attached hydrogens (tertiary/aromatic N) is 2. The molecule has 10 heteroatoms. The van der Waals surface area contributed by atoms with Crippen molar-refractivity contribution in [3.63, 3.8) is 0 Å². The molecule has 0 fully saturated rings. The first kappa shape index (κ1) is 20.9. The van der Waals surface area contributed by atoms with Gasteiger partial charge in [0.1, 0.15) is 11.5 Å². The van der Waals surface area contributed by atoms with Gasteiger partial charge in [-0.3, -0.25) is 9.59 Å². The second-order valence-corrected chi connectivity index (χ2v) is 6.84. The fraction of sp³-hybridized carbons (Fsp3) is 0.182. The molecule has 4 aromatic rings. The van der Waals surface area contributed by atoms with E-state index in [0.29, 0.717) is 11.0 Å². The number of hydrogen-bond acceptors (Lipinski definition) is 10. The van der Waals surface area contributed by atoms with Crippen LogP contribution in [0, 0.1) is 0 Å². The zero-order chi connectivity index (χ0) is 22.8. The molecule has 2 aromatic heterocycles. The van der Waals surface area contributed by atoms with Gasteiger partial charge in [0.15, 0.2) is 11.8 Å². The summed E-state index contributed by atoms with van der Waals surface area (Å²) in [5, 5.41) is 0.345. The maximum atomic E-state index is 12.3. The largest absolute Gasteiger partial charge is 0.427 e. The van der Waals surface area contributed by atoms with E-state index in [2.05, 4.69) is 9.97 Å². The summed E-state index contributed by atoms with van der Waals surface area (Å²) >= 11 is 0. The van der Waals surface area contributed by atoms with Crippen molar-refractivity contribution < 1.29 is 27.9 Å². The Morgan fingerprint density at radius 3 is 1.53 bits per heavy atom. The third-order valence-electron chi connectivity index (χ3n) is 4.36. The first-order valence-corrected chi connectivity index (χ1v) is 9.53. The molecule has 162 valence electrons. The van der Waals surface area contributed by atoms with Crippen LogP contribution in [-0.2, 0) is 22.4 Å². The zero-order valence-corrected chi connectivity index (χ0v) is 17.0. The van der Waals surface area contributed by atoms with E-state index in [4.69, 9.17) is 18.3 Å². The molecule has 0 aliphatic rings. The van der Waals surface area contributed by atoms with Gasteiger partial charge in [-0.15, -0.1) is 0 Å². The highest BCUT2D eigenvalue weighted by Gasteiger charge is 2.12. The number of aromatic nitrogens is 2. The normalized spacial score (nSPS) is 10.9. The monoisotopic (exact) mass is 436 g/mol. The number of aryl methyl sites for hydroxylation is 2. The van der Waals surface area contributed by atoms with Crippen molar-refractivity contribution in [1.29, 1.82) is 0 Å². The molecule has 0 atom stereocenters. The minimum Gasteiger partial charge on any atom is -0.427 e. The van der Waals surface area contributed by atoms with E-state index in [1.807, 2.05) is 0 Å². The van der Waals surface area contributed by atoms with Crippen LogP contribution in [0.5, 0.6) is 11.5 Å². The third kappa shape index (κ3) is 4.53. The molecule has 0 radical (unpaired) electrons. The Kier molecular flexibility index (Phi) is 5.50. The van der Waals surface area contributed by atoms with Crippen LogP contribution in [0.15, 0.2) is 54.8 Å². The lowest BCUT2D eigenvalue weighted by Crippen LogP contribution is -2.10. The summed E-state index contributed by atoms with van der Waals surface area (Å²) in [4.78, 5) is 55.4. The van der Waals surface area contributed by atoms with Gasteiger partial charge in [-0.2, -0.15) is 0 Å². The number of carbonyl (C=O) groups is 2. The van der Waals surface area contributed by atoms with E-state index in [0.717, 1.165) is 0 Å². The molecule has 0 amide bonds. The maximum Gasteiger partial charge on any atom is 0.346 e. The number of carbonyl (C=O) groups excluding carboxylic acids is 2. The van der Waals surface area contributed by atoms with Crippen LogP contribution in [0.2, 0.25) is 0 Å². The van der Waals surface area contributed by atoms with Gasteiger partial charge in [0, 0.05) is 26.7 Å². The highest BCUT2D eigenvalue weighted by molar-refractivity contribution is 5.81. The average Bonchev–Trinajstić information content (AvgIpc) is 2.72. The van der Waals surface area contributed by atoms with Crippen molar-refractivity contribution in [2.75, 3.05) is 0 Å². The number of hydrogen-bond donors (Lipinski definition) is 0. The van der Waals surface area contributed by atoms with Gasteiger partial charge >= 0.3 is 23.2 Å². The van der Waals surface area contributed by atoms with Crippen molar-refractivity contribution in [3.05, 3.63) is 69.0 Å². The van der Waals surface area contributed by atoms with Crippen LogP contribution in [0.3, 0.4) is 0 Å². The summed E-state index contributed by atoms with van der Waals surface area (Å²) in [7, 11) is 0. The van der Waals surface area contributed by atoms with Crippen molar-refractivity contribution in [1.82, 2.24) is 9.97 Å². The molecule has 0 unspecified atom stereocenters. The van der Waals surface area contributed by atoms with Crippen LogP contribution in [0.25, 0.3) is 21.8 Å². The average molecular weight is 436 g/mol. The van der Waals surface area contributed by atoms with E-state index in [1.54, 1.807) is 12.1 Å². The molecule has 32 heavy (non-hydrogen) atoms. The van der Waals surface area contributed by atoms with Gasteiger partial charge in [0.2, 0.25) is 0 Å². The fourth-order valence-corrected chi connectivity index (χ4v) is 3.08. The number of esters is 2. The third-order valence-corrected chi connectivity index (χ3v) is 4.36. The lowest BCUT2D eigenvalue weighted by atomic mass is 10.2. The zero-order valence-electron chi connectivity index (χ0n) is 17.0. The molecular weight excluding hydrogens is 420 g/mol. The first-order valence-electron chi connectivity index (χ1n) is 9.53. The summed E-state index contributed by atoms with van der Waals surface area (Å²) in [5.41, 5.74) is -0.522. The lowest BCUT2D eigenvalue weighted by molar-refractivity contribution is -0.132. The van der Waals surface area contributed by atoms with Crippen LogP contribution in [-0.4, -0.2) is 21.9 Å². The molecule has 0 aliphatic heterocycles. The standard InChI is InChI=1S/C22H16N2O8/c1-11(25)29-13-3-5-17-15(9-13)21(27)31-19(23-17)7-8-20-24-18-6-4-14(30-12(2)26)10-16(18)22(28)32-20/h3-6,9-10H,7-8H2,1-2H3. The highest BCUT2D eigenvalue weighted by Crippen LogP contribution is 2.19. The van der Waals surface area contributed by atoms with Crippen LogP contribution in [0.4, 0.5) is 0 Å². The molecule has 0 spiro atoms. The molecular formula is C22H16N2O8. The van der Waals surface area contributed by atoms with Crippen LogP contribution >= 0.6 is 0 Å². The second kappa shape index (κ2) is 8.42. The summed E-state index contributed by atoms with van der Waals surface area (Å²) in [6.07, 6.45) is 0.313. The smallest absolute Gasteiger partial charge is 0.346 e. The predicted molar refractivity (Wildman–Crippen MR) is 111 cm³/mol. The Hall–Kier alpha value is -4.34. The summed E-state index contributed by atoms with van der Waals surface area (Å²) in [6, 6.07) is 8.90. The molecule has 4 rings (SSSR count). The Morgan fingerprint density at radius 2 is 1.16 bits per heavy atom. The van der Waals surface area contributed by atoms with E-state index >= 15 is 0 Å². The molecule has 2 heterocycles. The van der Waals surface area contributed by atoms with Gasteiger partial charge in [0.25, 0.3) is 0 Å². The molecule has 0 bridgehead atoms. The Labute approximate surface area is 179 Å². The Morgan fingerprint density at radius 1 is 0.750 bits per heavy atom. The molecule has 0 saturated carbocycles. The Bertz CT molecular complexity index is 1370. The first-order chi connectivity index (χ1) is 15.3. The number of rotatable bonds is 5. The molecule has 0 N–H and O–H groups in total. The summed E-state index contributed by atoms with van der Waals surface area (Å²) in [6.45, 7) is 2.51. The number of fused-ring (bicyclic) bond motifs is 2. The van der Waals surface area contributed by atoms with Gasteiger partial charge in [0.05, 0.1) is 21.8 Å². The second-order valence-electron chi connectivity index (χ2n) is 6.84. The van der Waals surface area contributed by atoms with E-state index in [1.165, 1.54) is 38.1 Å². The van der Waals surface area contributed by atoms with Gasteiger partial charge in [-0.1, -0.05) is 0 Å². The fourth-order valence-electron chi connectivity index (χ4n) is 3.08. The van der Waals surface area contributed by atoms with E-state index in [9.17, 15) is 19.2 Å². The van der Waals surface area contributed by atoms with Crippen molar-refractivity contribution in [3.8, 4) is 11.5 Å². The minimum atomic E-state index is -0.634. The molecule has 2 aromatic carbocycles. The van der Waals surface area contributed by atoms with Gasteiger partial charge in [-0.25, -0.2) is 19.6 Å². The van der Waals surface area contributed by atoms with Crippen molar-refractivity contribution >= 4 is 33.7 Å². The van der Waals surface area contributed by atoms with Crippen molar-refractivity contribution in [2.24, 2.45) is 0 Å². The van der Waals surface area contributed by atoms with E-state index in [-0.39, 0.29) is 46.9 Å². The number of benzene rings is 2. The maximum absolute atomic E-state index is 12.3. The SMILES string of the molecule is CC(=O)Oc1ccc2nc(CCc3nc4ccc(OC(C)=O)cc4c(=O)o3)oc(=O)c2c1. The lowest BCUT2D eigenvalue weighted by Gasteiger charge is -2.05. The minimum absolute atomic E-state index is 0.137. The topological polar surface area (TPSA) is 139 Å². The summed E-state index contributed by atoms with van der Waals surface area (Å²) < 4.78 is 20.4. The Balaban J connectivity index is 1.57. The summed E-state index contributed by atoms with van der Waals surface area (Å²) in [5.74, 6) is -0.317. The number of ether oxygens (including phenoxy) is 2. The van der Waals surface area contributed by atoms with Gasteiger partial charge < -0.3 is 18.3 Å². The molecule has 0 saturated heterocycles. The van der Waals surface area contributed by atoms with Crippen LogP contribution in [0.1, 0.15) is 25.6 Å².